The van der Waals surface area contributed by atoms with Crippen LogP contribution in [0.25, 0.3) is 0 Å². The second-order valence-corrected chi connectivity index (χ2v) is 4.79. The molecule has 0 saturated carbocycles. The van der Waals surface area contributed by atoms with E-state index in [4.69, 9.17) is 14.2 Å². The van der Waals surface area contributed by atoms with Crippen LogP contribution in [0.4, 0.5) is 0 Å². The van der Waals surface area contributed by atoms with Gasteiger partial charge < -0.3 is 14.2 Å². The molecule has 0 unspecified atom stereocenters. The molecule has 0 fully saturated rings. The van der Waals surface area contributed by atoms with Gasteiger partial charge in [-0.2, -0.15) is 0 Å². The highest BCUT2D eigenvalue weighted by Crippen LogP contribution is 2.20. The first-order valence-corrected chi connectivity index (χ1v) is 7.77. The predicted octanol–water partition coefficient (Wildman–Crippen LogP) is 3.98. The van der Waals surface area contributed by atoms with Crippen molar-refractivity contribution in [2.75, 3.05) is 19.8 Å². The maximum Gasteiger partial charge on any atom is 0.305 e. The molecule has 4 heteroatoms. The zero-order chi connectivity index (χ0) is 15.3. The molecule has 0 atom stereocenters. The standard InChI is InChI=1S/C17H26O4/c1-3-5-6-12-20-15-9-7-10-16(14-15)21-13-8-11-17(18)19-4-2/h7,9-10,14H,3-6,8,11-13H2,1-2H3. The number of rotatable bonds is 11. The van der Waals surface area contributed by atoms with E-state index in [-0.39, 0.29) is 5.97 Å². The van der Waals surface area contributed by atoms with Crippen molar-refractivity contribution < 1.29 is 19.0 Å². The van der Waals surface area contributed by atoms with E-state index in [1.807, 2.05) is 24.3 Å². The van der Waals surface area contributed by atoms with Crippen molar-refractivity contribution in [1.29, 1.82) is 0 Å². The second-order valence-electron chi connectivity index (χ2n) is 4.79. The van der Waals surface area contributed by atoms with Crippen molar-refractivity contribution in [3.05, 3.63) is 24.3 Å². The number of ether oxygens (including phenoxy) is 3. The van der Waals surface area contributed by atoms with E-state index in [2.05, 4.69) is 6.92 Å². The first-order valence-electron chi connectivity index (χ1n) is 7.77. The van der Waals surface area contributed by atoms with E-state index in [1.54, 1.807) is 6.92 Å². The lowest BCUT2D eigenvalue weighted by atomic mass is 10.2. The summed E-state index contributed by atoms with van der Waals surface area (Å²) in [6.07, 6.45) is 4.49. The molecule has 0 aliphatic heterocycles. The van der Waals surface area contributed by atoms with Gasteiger partial charge in [-0.3, -0.25) is 4.79 Å². The Balaban J connectivity index is 2.24. The van der Waals surface area contributed by atoms with Gasteiger partial charge >= 0.3 is 5.97 Å². The topological polar surface area (TPSA) is 44.8 Å². The van der Waals surface area contributed by atoms with Crippen LogP contribution in [-0.2, 0) is 9.53 Å². The van der Waals surface area contributed by atoms with Gasteiger partial charge in [0.05, 0.1) is 19.8 Å². The molecule has 0 amide bonds. The normalized spacial score (nSPS) is 10.2. The van der Waals surface area contributed by atoms with Crippen LogP contribution >= 0.6 is 0 Å². The second kappa shape index (κ2) is 11.0. The van der Waals surface area contributed by atoms with Crippen LogP contribution in [0, 0.1) is 0 Å². The molecule has 0 aliphatic carbocycles. The van der Waals surface area contributed by atoms with Crippen LogP contribution < -0.4 is 9.47 Å². The summed E-state index contributed by atoms with van der Waals surface area (Å²) in [5.41, 5.74) is 0. The third kappa shape index (κ3) is 8.23. The highest BCUT2D eigenvalue weighted by atomic mass is 16.5. The highest BCUT2D eigenvalue weighted by molar-refractivity contribution is 5.69. The first-order chi connectivity index (χ1) is 10.3. The lowest BCUT2D eigenvalue weighted by molar-refractivity contribution is -0.143. The summed E-state index contributed by atoms with van der Waals surface area (Å²) in [6.45, 7) is 5.64. The number of esters is 1. The van der Waals surface area contributed by atoms with E-state index in [1.165, 1.54) is 12.8 Å². The maximum absolute atomic E-state index is 11.2. The van der Waals surface area contributed by atoms with Crippen LogP contribution in [0.1, 0.15) is 46.0 Å². The molecular weight excluding hydrogens is 268 g/mol. The molecule has 1 rings (SSSR count). The quantitative estimate of drug-likeness (QED) is 0.457. The minimum atomic E-state index is -0.172. The minimum absolute atomic E-state index is 0.172. The van der Waals surface area contributed by atoms with Gasteiger partial charge in [-0.05, 0) is 31.9 Å². The van der Waals surface area contributed by atoms with E-state index in [0.29, 0.717) is 26.1 Å². The smallest absolute Gasteiger partial charge is 0.305 e. The van der Waals surface area contributed by atoms with Crippen molar-refractivity contribution in [3.63, 3.8) is 0 Å². The van der Waals surface area contributed by atoms with Crippen LogP contribution in [0.15, 0.2) is 24.3 Å². The molecule has 0 aliphatic rings. The van der Waals surface area contributed by atoms with Gasteiger partial charge in [-0.25, -0.2) is 0 Å². The summed E-state index contributed by atoms with van der Waals surface area (Å²) >= 11 is 0. The number of benzene rings is 1. The summed E-state index contributed by atoms with van der Waals surface area (Å²) in [7, 11) is 0. The molecule has 0 saturated heterocycles. The van der Waals surface area contributed by atoms with Gasteiger partial charge in [0, 0.05) is 12.5 Å². The number of hydrogen-bond donors (Lipinski definition) is 0. The molecule has 0 spiro atoms. The third-order valence-electron chi connectivity index (χ3n) is 2.92. The fraction of sp³-hybridized carbons (Fsp3) is 0.588. The molecule has 4 nitrogen and oxygen atoms in total. The fourth-order valence-corrected chi connectivity index (χ4v) is 1.84. The van der Waals surface area contributed by atoms with Crippen molar-refractivity contribution in [2.24, 2.45) is 0 Å². The summed E-state index contributed by atoms with van der Waals surface area (Å²) in [5, 5.41) is 0. The fourth-order valence-electron chi connectivity index (χ4n) is 1.84. The molecule has 0 radical (unpaired) electrons. The molecule has 118 valence electrons. The van der Waals surface area contributed by atoms with Crippen molar-refractivity contribution in [3.8, 4) is 11.5 Å². The minimum Gasteiger partial charge on any atom is -0.493 e. The number of carbonyl (C=O) groups is 1. The molecule has 0 aromatic heterocycles. The first kappa shape index (κ1) is 17.3. The van der Waals surface area contributed by atoms with Crippen molar-refractivity contribution in [1.82, 2.24) is 0 Å². The Hall–Kier alpha value is -1.71. The lowest BCUT2D eigenvalue weighted by Gasteiger charge is -2.09. The van der Waals surface area contributed by atoms with E-state index in [0.717, 1.165) is 24.5 Å². The Morgan fingerprint density at radius 2 is 1.67 bits per heavy atom. The predicted molar refractivity (Wildman–Crippen MR) is 82.8 cm³/mol. The molecule has 0 N–H and O–H groups in total. The van der Waals surface area contributed by atoms with Crippen LogP contribution in [0.3, 0.4) is 0 Å². The van der Waals surface area contributed by atoms with Gasteiger partial charge in [0.1, 0.15) is 11.5 Å². The summed E-state index contributed by atoms with van der Waals surface area (Å²) in [6, 6.07) is 7.62. The maximum atomic E-state index is 11.2. The Labute approximate surface area is 127 Å². The average Bonchev–Trinajstić information content (AvgIpc) is 2.49. The Kier molecular flexibility index (Phi) is 9.09. The third-order valence-corrected chi connectivity index (χ3v) is 2.92. The number of carbonyl (C=O) groups excluding carboxylic acids is 1. The van der Waals surface area contributed by atoms with Gasteiger partial charge in [0.25, 0.3) is 0 Å². The largest absolute Gasteiger partial charge is 0.493 e. The Bertz CT molecular complexity index is 404. The molecule has 0 heterocycles. The van der Waals surface area contributed by atoms with Gasteiger partial charge in [-0.15, -0.1) is 0 Å². The summed E-state index contributed by atoms with van der Waals surface area (Å²) < 4.78 is 16.1. The monoisotopic (exact) mass is 294 g/mol. The molecule has 1 aromatic rings. The molecule has 21 heavy (non-hydrogen) atoms. The number of hydrogen-bond acceptors (Lipinski definition) is 4. The van der Waals surface area contributed by atoms with Gasteiger partial charge in [-0.1, -0.05) is 25.8 Å². The molecule has 1 aromatic carbocycles. The van der Waals surface area contributed by atoms with Crippen molar-refractivity contribution in [2.45, 2.75) is 46.0 Å². The zero-order valence-electron chi connectivity index (χ0n) is 13.1. The van der Waals surface area contributed by atoms with Crippen LogP contribution in [0.2, 0.25) is 0 Å². The van der Waals surface area contributed by atoms with E-state index >= 15 is 0 Å². The van der Waals surface area contributed by atoms with Crippen LogP contribution in [0.5, 0.6) is 11.5 Å². The van der Waals surface area contributed by atoms with Gasteiger partial charge in [0.15, 0.2) is 0 Å². The average molecular weight is 294 g/mol. The zero-order valence-corrected chi connectivity index (χ0v) is 13.1. The Morgan fingerprint density at radius 3 is 2.29 bits per heavy atom. The summed E-state index contributed by atoms with van der Waals surface area (Å²) in [4.78, 5) is 11.2. The highest BCUT2D eigenvalue weighted by Gasteiger charge is 2.02. The number of unbranched alkanes of at least 4 members (excludes halogenated alkanes) is 2. The Morgan fingerprint density at radius 1 is 1.00 bits per heavy atom. The van der Waals surface area contributed by atoms with Crippen LogP contribution in [-0.4, -0.2) is 25.8 Å². The summed E-state index contributed by atoms with van der Waals surface area (Å²) in [5.74, 6) is 1.43. The SMILES string of the molecule is CCCCCOc1cccc(OCCCC(=O)OCC)c1. The van der Waals surface area contributed by atoms with E-state index in [9.17, 15) is 4.79 Å². The molecular formula is C17H26O4. The van der Waals surface area contributed by atoms with Crippen molar-refractivity contribution >= 4 is 5.97 Å². The van der Waals surface area contributed by atoms with Gasteiger partial charge in [0.2, 0.25) is 0 Å². The lowest BCUT2D eigenvalue weighted by Crippen LogP contribution is -2.06. The van der Waals surface area contributed by atoms with E-state index < -0.39 is 0 Å². The molecule has 0 bridgehead atoms.